The van der Waals surface area contributed by atoms with Gasteiger partial charge in [-0.05, 0) is 73.5 Å². The van der Waals surface area contributed by atoms with Crippen LogP contribution in [0, 0.1) is 0 Å². The highest BCUT2D eigenvalue weighted by Crippen LogP contribution is 2.28. The number of nitrogens with zero attached hydrogens (tertiary/aromatic N) is 2. The molecule has 0 fully saturated rings. The van der Waals surface area contributed by atoms with Crippen LogP contribution < -0.4 is 9.47 Å². The Morgan fingerprint density at radius 3 is 1.21 bits per heavy atom. The molecule has 0 saturated heterocycles. The van der Waals surface area contributed by atoms with Gasteiger partial charge >= 0.3 is 11.9 Å². The van der Waals surface area contributed by atoms with Gasteiger partial charge in [-0.3, -0.25) is 9.59 Å². The number of rotatable bonds is 14. The van der Waals surface area contributed by atoms with E-state index in [1.165, 1.54) is 88.7 Å². The zero-order chi connectivity index (χ0) is 31.2. The van der Waals surface area contributed by atoms with E-state index in [1.807, 2.05) is 0 Å². The topological polar surface area (TPSA) is 168 Å². The van der Waals surface area contributed by atoms with Crippen LogP contribution >= 0.6 is 0 Å². The summed E-state index contributed by atoms with van der Waals surface area (Å²) in [5.74, 6) is -1.98. The Morgan fingerprint density at radius 2 is 0.952 bits per heavy atom. The molecule has 0 heterocycles. The van der Waals surface area contributed by atoms with Crippen molar-refractivity contribution in [2.45, 2.75) is 48.8 Å². The molecular formula is C28H32N2O10S2. The second-order valence-corrected chi connectivity index (χ2v) is 13.0. The quantitative estimate of drug-likeness (QED) is 0.273. The van der Waals surface area contributed by atoms with Gasteiger partial charge in [0.15, 0.2) is 0 Å². The zero-order valence-electron chi connectivity index (χ0n) is 23.4. The van der Waals surface area contributed by atoms with Crippen LogP contribution in [0.15, 0.2) is 82.6 Å². The monoisotopic (exact) mass is 620 g/mol. The van der Waals surface area contributed by atoms with Crippen LogP contribution in [-0.2, 0) is 42.7 Å². The lowest BCUT2D eigenvalue weighted by Gasteiger charge is -2.29. The number of methoxy groups -OCH3 is 2. The van der Waals surface area contributed by atoms with Crippen molar-refractivity contribution in [1.29, 1.82) is 0 Å². The van der Waals surface area contributed by atoms with Gasteiger partial charge in [0.05, 0.1) is 24.0 Å². The molecule has 0 amide bonds. The molecule has 3 aromatic rings. The van der Waals surface area contributed by atoms with Crippen molar-refractivity contribution in [2.75, 3.05) is 14.2 Å². The number of carboxylic acids is 2. The maximum absolute atomic E-state index is 13.6. The Labute approximate surface area is 244 Å². The number of carbonyl (C=O) groups is 2. The molecule has 0 saturated carbocycles. The first-order valence-electron chi connectivity index (χ1n) is 12.6. The smallest absolute Gasteiger partial charge is 0.321 e. The normalized spacial score (nSPS) is 13.5. The molecule has 3 rings (SSSR count). The van der Waals surface area contributed by atoms with E-state index in [2.05, 4.69) is 0 Å². The first-order chi connectivity index (χ1) is 19.7. The summed E-state index contributed by atoms with van der Waals surface area (Å²) in [5, 5.41) is 19.5. The number of aliphatic carboxylic acids is 2. The van der Waals surface area contributed by atoms with E-state index in [-0.39, 0.29) is 20.9 Å². The highest BCUT2D eigenvalue weighted by atomic mass is 32.2. The molecule has 226 valence electrons. The first kappa shape index (κ1) is 32.5. The highest BCUT2D eigenvalue weighted by molar-refractivity contribution is 7.89. The van der Waals surface area contributed by atoms with Crippen molar-refractivity contribution in [2.24, 2.45) is 0 Å². The van der Waals surface area contributed by atoms with E-state index < -0.39 is 57.2 Å². The molecule has 0 aliphatic heterocycles. The predicted octanol–water partition coefficient (Wildman–Crippen LogP) is 3.03. The summed E-state index contributed by atoms with van der Waals surface area (Å²) < 4.78 is 66.3. The van der Waals surface area contributed by atoms with E-state index in [9.17, 15) is 36.6 Å². The maximum atomic E-state index is 13.6. The minimum Gasteiger partial charge on any atom is -0.497 e. The molecule has 0 aliphatic rings. The molecule has 0 bridgehead atoms. The lowest BCUT2D eigenvalue weighted by molar-refractivity contribution is -0.142. The van der Waals surface area contributed by atoms with Gasteiger partial charge in [-0.25, -0.2) is 16.8 Å². The van der Waals surface area contributed by atoms with Gasteiger partial charge in [-0.15, -0.1) is 0 Å². The van der Waals surface area contributed by atoms with Crippen molar-refractivity contribution in [3.8, 4) is 11.5 Å². The Kier molecular flexibility index (Phi) is 10.3. The van der Waals surface area contributed by atoms with Gasteiger partial charge < -0.3 is 19.7 Å². The summed E-state index contributed by atoms with van der Waals surface area (Å²) in [6.45, 7) is 1.57. The lowest BCUT2D eigenvalue weighted by Crippen LogP contribution is -2.44. The SMILES string of the molecule is COc1ccc(S(=O)(=O)N(Cc2ccccc2CN(C(C)C(=O)O)S(=O)(=O)c2ccc(OC)cc2)C(C)C(=O)O)cc1. The van der Waals surface area contributed by atoms with E-state index in [0.29, 0.717) is 11.5 Å². The standard InChI is InChI=1S/C28H32N2O10S2/c1-19(27(31)32)29(41(35,36)25-13-9-23(39-3)10-14-25)17-21-7-5-6-8-22(21)18-30(20(2)28(33)34)42(37,38)26-15-11-24(40-4)12-16-26/h5-16,19-20H,17-18H2,1-4H3,(H,31,32)(H,33,34). The number of sulfonamides is 2. The van der Waals surface area contributed by atoms with E-state index in [4.69, 9.17) is 9.47 Å². The van der Waals surface area contributed by atoms with Crippen LogP contribution in [0.1, 0.15) is 25.0 Å². The minimum absolute atomic E-state index is 0.169. The van der Waals surface area contributed by atoms with Crippen LogP contribution in [-0.4, -0.2) is 73.9 Å². The van der Waals surface area contributed by atoms with Gasteiger partial charge in [0.1, 0.15) is 23.6 Å². The number of carboxylic acid groups (broad SMARTS) is 2. The number of benzene rings is 3. The minimum atomic E-state index is -4.36. The van der Waals surface area contributed by atoms with Crippen LogP contribution in [0.5, 0.6) is 11.5 Å². The van der Waals surface area contributed by atoms with Crippen LogP contribution in [0.25, 0.3) is 0 Å². The van der Waals surface area contributed by atoms with Crippen molar-refractivity contribution in [3.63, 3.8) is 0 Å². The molecular weight excluding hydrogens is 588 g/mol. The summed E-state index contributed by atoms with van der Waals surface area (Å²) in [6, 6.07) is 14.1. The van der Waals surface area contributed by atoms with Crippen molar-refractivity contribution < 1.29 is 46.1 Å². The molecule has 2 N–H and O–H groups in total. The molecule has 0 aliphatic carbocycles. The number of hydrogen-bond donors (Lipinski definition) is 2. The Bertz CT molecular complexity index is 1500. The molecule has 2 atom stereocenters. The fourth-order valence-electron chi connectivity index (χ4n) is 4.07. The maximum Gasteiger partial charge on any atom is 0.321 e. The summed E-state index contributed by atoms with van der Waals surface area (Å²) in [4.78, 5) is 23.6. The Morgan fingerprint density at radius 1 is 0.643 bits per heavy atom. The third-order valence-electron chi connectivity index (χ3n) is 6.68. The van der Waals surface area contributed by atoms with Gasteiger partial charge in [0.2, 0.25) is 20.0 Å². The summed E-state index contributed by atoms with van der Waals surface area (Å²) >= 11 is 0. The van der Waals surface area contributed by atoms with Crippen molar-refractivity contribution >= 4 is 32.0 Å². The Balaban J connectivity index is 2.07. The van der Waals surface area contributed by atoms with E-state index in [1.54, 1.807) is 12.1 Å². The fraction of sp³-hybridized carbons (Fsp3) is 0.286. The summed E-state index contributed by atoms with van der Waals surface area (Å²) in [5.41, 5.74) is 0.574. The lowest BCUT2D eigenvalue weighted by atomic mass is 10.1. The molecule has 14 heteroatoms. The second-order valence-electron chi connectivity index (χ2n) is 9.25. The van der Waals surface area contributed by atoms with Crippen LogP contribution in [0.4, 0.5) is 0 Å². The van der Waals surface area contributed by atoms with Crippen molar-refractivity contribution in [1.82, 2.24) is 8.61 Å². The van der Waals surface area contributed by atoms with Crippen LogP contribution in [0.2, 0.25) is 0 Å². The summed E-state index contributed by atoms with van der Waals surface area (Å²) in [6.07, 6.45) is 0. The average molecular weight is 621 g/mol. The number of hydrogen-bond acceptors (Lipinski definition) is 8. The van der Waals surface area contributed by atoms with Crippen molar-refractivity contribution in [3.05, 3.63) is 83.9 Å². The molecule has 0 radical (unpaired) electrons. The van der Waals surface area contributed by atoms with Gasteiger partial charge in [0, 0.05) is 13.1 Å². The third kappa shape index (κ3) is 7.07. The molecule has 0 aromatic heterocycles. The predicted molar refractivity (Wildman–Crippen MR) is 152 cm³/mol. The van der Waals surface area contributed by atoms with Gasteiger partial charge in [0.25, 0.3) is 0 Å². The summed E-state index contributed by atoms with van der Waals surface area (Å²) in [7, 11) is -5.89. The van der Waals surface area contributed by atoms with Crippen LogP contribution in [0.3, 0.4) is 0 Å². The molecule has 0 spiro atoms. The molecule has 42 heavy (non-hydrogen) atoms. The largest absolute Gasteiger partial charge is 0.497 e. The first-order valence-corrected chi connectivity index (χ1v) is 15.5. The number of ether oxygens (including phenoxy) is 2. The van der Waals surface area contributed by atoms with E-state index in [0.717, 1.165) is 8.61 Å². The zero-order valence-corrected chi connectivity index (χ0v) is 25.0. The molecule has 12 nitrogen and oxygen atoms in total. The average Bonchev–Trinajstić information content (AvgIpc) is 2.98. The van der Waals surface area contributed by atoms with Gasteiger partial charge in [-0.1, -0.05) is 24.3 Å². The fourth-order valence-corrected chi connectivity index (χ4v) is 7.21. The molecule has 3 aromatic carbocycles. The van der Waals surface area contributed by atoms with Gasteiger partial charge in [-0.2, -0.15) is 8.61 Å². The third-order valence-corrected chi connectivity index (χ3v) is 10.5. The van der Waals surface area contributed by atoms with E-state index >= 15 is 0 Å². The Hall–Kier alpha value is -3.98. The second kappa shape index (κ2) is 13.3. The highest BCUT2D eigenvalue weighted by Gasteiger charge is 2.36. The molecule has 2 unspecified atom stereocenters.